The molecule has 13 heavy (non-hydrogen) atoms. The molecule has 0 aliphatic carbocycles. The Kier molecular flexibility index (Phi) is 3.50. The summed E-state index contributed by atoms with van der Waals surface area (Å²) in [5, 5.41) is 0. The first-order valence-corrected chi connectivity index (χ1v) is 3.69. The zero-order valence-corrected chi connectivity index (χ0v) is 6.97. The van der Waals surface area contributed by atoms with Crippen LogP contribution in [0.2, 0.25) is 0 Å². The van der Waals surface area contributed by atoms with E-state index >= 15 is 0 Å². The molecule has 0 unspecified atom stereocenters. The highest BCUT2D eigenvalue weighted by atomic mass is 16.7. The summed E-state index contributed by atoms with van der Waals surface area (Å²) in [6, 6.07) is 5.00. The van der Waals surface area contributed by atoms with Crippen LogP contribution in [0.5, 0.6) is 5.88 Å². The molecule has 0 saturated heterocycles. The number of rotatable bonds is 3. The van der Waals surface area contributed by atoms with Gasteiger partial charge in [0.1, 0.15) is 6.61 Å². The quantitative estimate of drug-likeness (QED) is 0.524. The van der Waals surface area contributed by atoms with Gasteiger partial charge in [-0.15, -0.1) is 0 Å². The minimum Gasteiger partial charge on any atom is -0.430 e. The summed E-state index contributed by atoms with van der Waals surface area (Å²) in [5.41, 5.74) is 0. The lowest BCUT2D eigenvalue weighted by molar-refractivity contribution is 0.108. The third-order valence-electron chi connectivity index (χ3n) is 1.14. The lowest BCUT2D eigenvalue weighted by atomic mass is 10.5. The minimum absolute atomic E-state index is 0.131. The summed E-state index contributed by atoms with van der Waals surface area (Å²) in [6.45, 7) is 3.52. The van der Waals surface area contributed by atoms with E-state index in [-0.39, 0.29) is 12.5 Å². The maximum absolute atomic E-state index is 10.8. The molecule has 0 amide bonds. The van der Waals surface area contributed by atoms with Crippen molar-refractivity contribution in [3.8, 4) is 5.88 Å². The topological polar surface area (TPSA) is 48.4 Å². The van der Waals surface area contributed by atoms with Crippen molar-refractivity contribution in [3.05, 3.63) is 37.1 Å². The van der Waals surface area contributed by atoms with E-state index in [1.54, 1.807) is 18.2 Å². The fraction of sp³-hybridized carbons (Fsp3) is 0.111. The third kappa shape index (κ3) is 3.37. The first-order chi connectivity index (χ1) is 6.33. The SMILES string of the molecule is C=CCOC(=O)Oc1ccccn1. The van der Waals surface area contributed by atoms with Gasteiger partial charge in [-0.3, -0.25) is 0 Å². The van der Waals surface area contributed by atoms with E-state index in [2.05, 4.69) is 16.3 Å². The van der Waals surface area contributed by atoms with Crippen LogP contribution in [0.4, 0.5) is 4.79 Å². The van der Waals surface area contributed by atoms with Crippen molar-refractivity contribution in [2.45, 2.75) is 0 Å². The van der Waals surface area contributed by atoms with Gasteiger partial charge in [0.25, 0.3) is 0 Å². The second kappa shape index (κ2) is 4.92. The van der Waals surface area contributed by atoms with Crippen LogP contribution in [-0.4, -0.2) is 17.7 Å². The number of pyridine rings is 1. The molecule has 0 saturated carbocycles. The van der Waals surface area contributed by atoms with Crippen molar-refractivity contribution in [1.82, 2.24) is 4.98 Å². The second-order valence-corrected chi connectivity index (χ2v) is 2.12. The summed E-state index contributed by atoms with van der Waals surface area (Å²) in [4.78, 5) is 14.6. The highest BCUT2D eigenvalue weighted by Gasteiger charge is 2.04. The average molecular weight is 179 g/mol. The zero-order chi connectivity index (χ0) is 9.52. The molecule has 1 heterocycles. The minimum atomic E-state index is -0.779. The Bertz CT molecular complexity index is 284. The fourth-order valence-corrected chi connectivity index (χ4v) is 0.649. The predicted molar refractivity (Wildman–Crippen MR) is 46.4 cm³/mol. The predicted octanol–water partition coefficient (Wildman–Crippen LogP) is 1.78. The lowest BCUT2D eigenvalue weighted by Crippen LogP contribution is -2.10. The Labute approximate surface area is 75.8 Å². The van der Waals surface area contributed by atoms with Crippen LogP contribution in [0.3, 0.4) is 0 Å². The Balaban J connectivity index is 2.41. The zero-order valence-electron chi connectivity index (χ0n) is 6.97. The van der Waals surface area contributed by atoms with Gasteiger partial charge in [-0.1, -0.05) is 18.7 Å². The molecule has 0 N–H and O–H groups in total. The smallest absolute Gasteiger partial charge is 0.430 e. The van der Waals surface area contributed by atoms with Crippen LogP contribution in [0.15, 0.2) is 37.1 Å². The van der Waals surface area contributed by atoms with Gasteiger partial charge >= 0.3 is 6.16 Å². The van der Waals surface area contributed by atoms with Crippen molar-refractivity contribution >= 4 is 6.16 Å². The standard InChI is InChI=1S/C9H9NO3/c1-2-7-12-9(11)13-8-5-3-4-6-10-8/h2-6H,1,7H2. The molecule has 0 aromatic carbocycles. The molecular weight excluding hydrogens is 170 g/mol. The van der Waals surface area contributed by atoms with Crippen molar-refractivity contribution in [2.75, 3.05) is 6.61 Å². The normalized spacial score (nSPS) is 8.92. The van der Waals surface area contributed by atoms with Crippen molar-refractivity contribution in [1.29, 1.82) is 0 Å². The molecule has 4 heteroatoms. The van der Waals surface area contributed by atoms with Gasteiger partial charge < -0.3 is 9.47 Å². The van der Waals surface area contributed by atoms with Crippen molar-refractivity contribution in [3.63, 3.8) is 0 Å². The molecule has 0 spiro atoms. The van der Waals surface area contributed by atoms with E-state index < -0.39 is 6.16 Å². The molecule has 1 aromatic rings. The summed E-state index contributed by atoms with van der Waals surface area (Å²) < 4.78 is 9.27. The Hall–Kier alpha value is -1.84. The Morgan fingerprint density at radius 1 is 1.62 bits per heavy atom. The van der Waals surface area contributed by atoms with E-state index in [0.29, 0.717) is 0 Å². The molecule has 1 aromatic heterocycles. The summed E-state index contributed by atoms with van der Waals surface area (Å²) in [7, 11) is 0. The first-order valence-electron chi connectivity index (χ1n) is 3.69. The van der Waals surface area contributed by atoms with E-state index in [1.165, 1.54) is 12.3 Å². The van der Waals surface area contributed by atoms with E-state index in [1.807, 2.05) is 0 Å². The Morgan fingerprint density at radius 3 is 3.08 bits per heavy atom. The van der Waals surface area contributed by atoms with Crippen LogP contribution >= 0.6 is 0 Å². The van der Waals surface area contributed by atoms with Gasteiger partial charge in [-0.05, 0) is 6.07 Å². The molecule has 1 rings (SSSR count). The summed E-state index contributed by atoms with van der Waals surface area (Å²) >= 11 is 0. The number of nitrogens with zero attached hydrogens (tertiary/aromatic N) is 1. The van der Waals surface area contributed by atoms with E-state index in [4.69, 9.17) is 4.74 Å². The fourth-order valence-electron chi connectivity index (χ4n) is 0.649. The number of hydrogen-bond acceptors (Lipinski definition) is 4. The van der Waals surface area contributed by atoms with Crippen LogP contribution in [-0.2, 0) is 4.74 Å². The molecule has 0 aliphatic rings. The van der Waals surface area contributed by atoms with Gasteiger partial charge in [0, 0.05) is 12.3 Å². The van der Waals surface area contributed by atoms with Crippen molar-refractivity contribution < 1.29 is 14.3 Å². The molecule has 0 radical (unpaired) electrons. The maximum atomic E-state index is 10.8. The molecule has 0 bridgehead atoms. The monoisotopic (exact) mass is 179 g/mol. The molecular formula is C9H9NO3. The molecule has 68 valence electrons. The van der Waals surface area contributed by atoms with Gasteiger partial charge in [0.2, 0.25) is 5.88 Å². The van der Waals surface area contributed by atoms with Gasteiger partial charge in [-0.2, -0.15) is 0 Å². The largest absolute Gasteiger partial charge is 0.515 e. The third-order valence-corrected chi connectivity index (χ3v) is 1.14. The number of carbonyl (C=O) groups is 1. The second-order valence-electron chi connectivity index (χ2n) is 2.12. The molecule has 4 nitrogen and oxygen atoms in total. The number of hydrogen-bond donors (Lipinski definition) is 0. The van der Waals surface area contributed by atoms with Gasteiger partial charge in [0.05, 0.1) is 0 Å². The maximum Gasteiger partial charge on any atom is 0.515 e. The average Bonchev–Trinajstić information content (AvgIpc) is 2.16. The van der Waals surface area contributed by atoms with Crippen LogP contribution in [0.25, 0.3) is 0 Å². The van der Waals surface area contributed by atoms with Crippen LogP contribution in [0.1, 0.15) is 0 Å². The van der Waals surface area contributed by atoms with Crippen LogP contribution < -0.4 is 4.74 Å². The highest BCUT2D eigenvalue weighted by molar-refractivity contribution is 5.63. The lowest BCUT2D eigenvalue weighted by Gasteiger charge is -2.01. The number of aromatic nitrogens is 1. The van der Waals surface area contributed by atoms with Gasteiger partial charge in [0.15, 0.2) is 0 Å². The van der Waals surface area contributed by atoms with E-state index in [9.17, 15) is 4.79 Å². The number of carbonyl (C=O) groups excluding carboxylic acids is 1. The van der Waals surface area contributed by atoms with Crippen LogP contribution in [0, 0.1) is 0 Å². The molecule has 0 fully saturated rings. The highest BCUT2D eigenvalue weighted by Crippen LogP contribution is 2.03. The van der Waals surface area contributed by atoms with Crippen molar-refractivity contribution in [2.24, 2.45) is 0 Å². The molecule has 0 aliphatic heterocycles. The van der Waals surface area contributed by atoms with Gasteiger partial charge in [-0.25, -0.2) is 9.78 Å². The molecule has 0 atom stereocenters. The number of ether oxygens (including phenoxy) is 2. The first kappa shape index (κ1) is 9.25. The van der Waals surface area contributed by atoms with E-state index in [0.717, 1.165) is 0 Å². The summed E-state index contributed by atoms with van der Waals surface area (Å²) in [6.07, 6.45) is 2.20. The summed E-state index contributed by atoms with van der Waals surface area (Å²) in [5.74, 6) is 0.219. The Morgan fingerprint density at radius 2 is 2.46 bits per heavy atom.